The number of hydrogen-bond acceptors (Lipinski definition) is 5. The lowest BCUT2D eigenvalue weighted by molar-refractivity contribution is -0.122. The van der Waals surface area contributed by atoms with E-state index < -0.39 is 0 Å². The quantitative estimate of drug-likeness (QED) is 0.814. The Bertz CT molecular complexity index is 716. The summed E-state index contributed by atoms with van der Waals surface area (Å²) >= 11 is 0. The first kappa shape index (κ1) is 18.5. The molecule has 2 aromatic rings. The highest BCUT2D eigenvalue weighted by molar-refractivity contribution is 5.76. The molecule has 0 saturated heterocycles. The van der Waals surface area contributed by atoms with Gasteiger partial charge in [0.1, 0.15) is 5.82 Å². The average molecular weight is 357 g/mol. The Balaban J connectivity index is 1.61. The molecular formula is C19H27N5O2. The van der Waals surface area contributed by atoms with Gasteiger partial charge >= 0.3 is 0 Å². The van der Waals surface area contributed by atoms with E-state index in [-0.39, 0.29) is 11.9 Å². The van der Waals surface area contributed by atoms with Crippen molar-refractivity contribution < 1.29 is 9.53 Å². The van der Waals surface area contributed by atoms with Crippen molar-refractivity contribution in [2.75, 3.05) is 26.8 Å². The van der Waals surface area contributed by atoms with E-state index in [0.29, 0.717) is 13.0 Å². The van der Waals surface area contributed by atoms with Crippen LogP contribution in [0.1, 0.15) is 36.6 Å². The number of methoxy groups -OCH3 is 1. The zero-order valence-electron chi connectivity index (χ0n) is 15.5. The first-order valence-corrected chi connectivity index (χ1v) is 9.14. The standard InChI is InChI=1S/C19H27N5O2/c1-15(20-18(25)9-13-26-2)19-22-21-17-8-10-23(11-12-24(17)19)14-16-6-4-3-5-7-16/h3-7,15H,8-14H2,1-2H3,(H,20,25)/t15-/m1/s1. The zero-order valence-corrected chi connectivity index (χ0v) is 15.5. The lowest BCUT2D eigenvalue weighted by atomic mass is 10.2. The van der Waals surface area contributed by atoms with Gasteiger partial charge < -0.3 is 14.6 Å². The summed E-state index contributed by atoms with van der Waals surface area (Å²) in [5.41, 5.74) is 1.32. The third-order valence-electron chi connectivity index (χ3n) is 4.69. The first-order chi connectivity index (χ1) is 12.7. The highest BCUT2D eigenvalue weighted by Gasteiger charge is 2.22. The van der Waals surface area contributed by atoms with Crippen LogP contribution < -0.4 is 5.32 Å². The molecule has 0 radical (unpaired) electrons. The maximum atomic E-state index is 11.9. The fourth-order valence-electron chi connectivity index (χ4n) is 3.28. The molecule has 1 atom stereocenters. The number of rotatable bonds is 7. The molecule has 0 unspecified atom stereocenters. The van der Waals surface area contributed by atoms with Gasteiger partial charge in [0.25, 0.3) is 0 Å². The smallest absolute Gasteiger partial charge is 0.222 e. The summed E-state index contributed by atoms with van der Waals surface area (Å²) in [5, 5.41) is 11.7. The Hall–Kier alpha value is -2.25. The third-order valence-corrected chi connectivity index (χ3v) is 4.69. The molecule has 2 heterocycles. The molecule has 0 bridgehead atoms. The SMILES string of the molecule is COCCC(=O)N[C@H](C)c1nnc2n1CCN(Cc1ccccc1)CC2. The van der Waals surface area contributed by atoms with E-state index in [2.05, 4.69) is 49.2 Å². The number of fused-ring (bicyclic) bond motifs is 1. The average Bonchev–Trinajstić information content (AvgIpc) is 2.96. The van der Waals surface area contributed by atoms with Crippen LogP contribution in [0.15, 0.2) is 30.3 Å². The van der Waals surface area contributed by atoms with E-state index in [9.17, 15) is 4.79 Å². The van der Waals surface area contributed by atoms with Crippen LogP contribution in [-0.2, 0) is 29.0 Å². The minimum absolute atomic E-state index is 0.0315. The van der Waals surface area contributed by atoms with E-state index in [0.717, 1.165) is 44.2 Å². The summed E-state index contributed by atoms with van der Waals surface area (Å²) in [6, 6.07) is 10.4. The Morgan fingerprint density at radius 3 is 2.81 bits per heavy atom. The van der Waals surface area contributed by atoms with Crippen LogP contribution in [0.3, 0.4) is 0 Å². The van der Waals surface area contributed by atoms with E-state index in [4.69, 9.17) is 4.74 Å². The van der Waals surface area contributed by atoms with Crippen LogP contribution in [0.5, 0.6) is 0 Å². The van der Waals surface area contributed by atoms with E-state index in [1.165, 1.54) is 5.56 Å². The first-order valence-electron chi connectivity index (χ1n) is 9.14. The molecule has 1 aliphatic heterocycles. The van der Waals surface area contributed by atoms with Crippen LogP contribution in [0.25, 0.3) is 0 Å². The van der Waals surface area contributed by atoms with Gasteiger partial charge in [-0.15, -0.1) is 10.2 Å². The van der Waals surface area contributed by atoms with E-state index in [1.807, 2.05) is 13.0 Å². The van der Waals surface area contributed by atoms with Crippen molar-refractivity contribution in [1.29, 1.82) is 0 Å². The van der Waals surface area contributed by atoms with Gasteiger partial charge in [0, 0.05) is 46.1 Å². The van der Waals surface area contributed by atoms with Gasteiger partial charge in [-0.25, -0.2) is 0 Å². The van der Waals surface area contributed by atoms with Gasteiger partial charge in [0.15, 0.2) is 5.82 Å². The van der Waals surface area contributed by atoms with Gasteiger partial charge in [0.2, 0.25) is 5.91 Å². The van der Waals surface area contributed by atoms with Crippen LogP contribution in [0.4, 0.5) is 0 Å². The number of nitrogens with zero attached hydrogens (tertiary/aromatic N) is 4. The molecule has 0 aliphatic carbocycles. The summed E-state index contributed by atoms with van der Waals surface area (Å²) in [7, 11) is 1.59. The molecule has 0 fully saturated rings. The molecular weight excluding hydrogens is 330 g/mol. The number of benzene rings is 1. The minimum atomic E-state index is -0.165. The molecule has 1 aromatic heterocycles. The molecule has 0 spiro atoms. The van der Waals surface area contributed by atoms with Crippen LogP contribution in [0.2, 0.25) is 0 Å². The van der Waals surface area contributed by atoms with E-state index in [1.54, 1.807) is 7.11 Å². The fraction of sp³-hybridized carbons (Fsp3) is 0.526. The predicted molar refractivity (Wildman–Crippen MR) is 98.5 cm³/mol. The van der Waals surface area contributed by atoms with Gasteiger partial charge in [-0.3, -0.25) is 9.69 Å². The summed E-state index contributed by atoms with van der Waals surface area (Å²) in [5.74, 6) is 1.79. The third kappa shape index (κ3) is 4.68. The van der Waals surface area contributed by atoms with Crippen LogP contribution in [-0.4, -0.2) is 52.4 Å². The lowest BCUT2D eigenvalue weighted by Gasteiger charge is -2.20. The molecule has 1 amide bonds. The second kappa shape index (κ2) is 8.91. The Kier molecular flexibility index (Phi) is 6.35. The second-order valence-corrected chi connectivity index (χ2v) is 6.67. The highest BCUT2D eigenvalue weighted by Crippen LogP contribution is 2.16. The lowest BCUT2D eigenvalue weighted by Crippen LogP contribution is -2.30. The van der Waals surface area contributed by atoms with E-state index >= 15 is 0 Å². The van der Waals surface area contributed by atoms with Gasteiger partial charge in [-0.2, -0.15) is 0 Å². The molecule has 1 aromatic carbocycles. The zero-order chi connectivity index (χ0) is 18.4. The van der Waals surface area contributed by atoms with Crippen molar-refractivity contribution in [3.05, 3.63) is 47.5 Å². The largest absolute Gasteiger partial charge is 0.384 e. The summed E-state index contributed by atoms with van der Waals surface area (Å²) in [6.45, 7) is 6.05. The molecule has 1 aliphatic rings. The van der Waals surface area contributed by atoms with Crippen molar-refractivity contribution >= 4 is 5.91 Å². The van der Waals surface area contributed by atoms with Crippen LogP contribution in [0, 0.1) is 0 Å². The molecule has 1 N–H and O–H groups in total. The molecule has 26 heavy (non-hydrogen) atoms. The summed E-state index contributed by atoms with van der Waals surface area (Å²) in [6.07, 6.45) is 1.22. The normalized spacial score (nSPS) is 15.9. The Morgan fingerprint density at radius 2 is 2.04 bits per heavy atom. The highest BCUT2D eigenvalue weighted by atomic mass is 16.5. The number of amides is 1. The fourth-order valence-corrected chi connectivity index (χ4v) is 3.28. The van der Waals surface area contributed by atoms with Crippen LogP contribution >= 0.6 is 0 Å². The summed E-state index contributed by atoms with van der Waals surface area (Å²) in [4.78, 5) is 14.4. The maximum Gasteiger partial charge on any atom is 0.222 e. The molecule has 140 valence electrons. The Labute approximate surface area is 154 Å². The topological polar surface area (TPSA) is 72.3 Å². The minimum Gasteiger partial charge on any atom is -0.384 e. The predicted octanol–water partition coefficient (Wildman–Crippen LogP) is 1.55. The van der Waals surface area contributed by atoms with Crippen molar-refractivity contribution in [2.24, 2.45) is 0 Å². The number of nitrogens with one attached hydrogen (secondary N) is 1. The van der Waals surface area contributed by atoms with Gasteiger partial charge in [-0.05, 0) is 12.5 Å². The maximum absolute atomic E-state index is 11.9. The number of aromatic nitrogens is 3. The van der Waals surface area contributed by atoms with Gasteiger partial charge in [0.05, 0.1) is 12.6 Å². The van der Waals surface area contributed by atoms with Crippen molar-refractivity contribution in [3.63, 3.8) is 0 Å². The number of carbonyl (C=O) groups is 1. The van der Waals surface area contributed by atoms with Crippen molar-refractivity contribution in [3.8, 4) is 0 Å². The second-order valence-electron chi connectivity index (χ2n) is 6.67. The Morgan fingerprint density at radius 1 is 1.23 bits per heavy atom. The van der Waals surface area contributed by atoms with Crippen molar-refractivity contribution in [2.45, 2.75) is 38.9 Å². The molecule has 0 saturated carbocycles. The number of hydrogen-bond donors (Lipinski definition) is 1. The number of carbonyl (C=O) groups excluding carboxylic acids is 1. The molecule has 7 nitrogen and oxygen atoms in total. The monoisotopic (exact) mass is 357 g/mol. The molecule has 3 rings (SSSR count). The van der Waals surface area contributed by atoms with Gasteiger partial charge in [-0.1, -0.05) is 30.3 Å². The van der Waals surface area contributed by atoms with Crippen molar-refractivity contribution in [1.82, 2.24) is 25.0 Å². The molecule has 7 heteroatoms. The summed E-state index contributed by atoms with van der Waals surface area (Å²) < 4.78 is 7.11. The number of ether oxygens (including phenoxy) is 1.